The highest BCUT2D eigenvalue weighted by Crippen LogP contribution is 2.28. The normalized spacial score (nSPS) is 11.2. The second-order valence-electron chi connectivity index (χ2n) is 3.58. The number of benzene rings is 1. The summed E-state index contributed by atoms with van der Waals surface area (Å²) in [6.07, 6.45) is 0.766. The van der Waals surface area contributed by atoms with Crippen LogP contribution in [0.15, 0.2) is 16.6 Å². The van der Waals surface area contributed by atoms with Gasteiger partial charge in [0, 0.05) is 15.6 Å². The molecule has 3 N–H and O–H groups in total. The zero-order valence-corrected chi connectivity index (χ0v) is 9.99. The maximum absolute atomic E-state index is 13.6. The van der Waals surface area contributed by atoms with E-state index in [0.717, 1.165) is 27.5 Å². The average molecular weight is 271 g/mol. The summed E-state index contributed by atoms with van der Waals surface area (Å²) >= 11 is 3.29. The highest BCUT2D eigenvalue weighted by molar-refractivity contribution is 9.10. The molecule has 4 heteroatoms. The van der Waals surface area contributed by atoms with Crippen molar-refractivity contribution in [2.45, 2.75) is 13.3 Å². The summed E-state index contributed by atoms with van der Waals surface area (Å²) in [7, 11) is 0. The summed E-state index contributed by atoms with van der Waals surface area (Å²) < 4.78 is 14.3. The van der Waals surface area contributed by atoms with E-state index in [1.165, 1.54) is 6.07 Å². The molecule has 1 aromatic carbocycles. The smallest absolute Gasteiger partial charge is 0.148 e. The Morgan fingerprint density at radius 2 is 2.20 bits per heavy atom. The summed E-state index contributed by atoms with van der Waals surface area (Å²) in [5, 5.41) is 0.921. The number of aryl methyl sites for hydroxylation is 1. The van der Waals surface area contributed by atoms with Gasteiger partial charge in [0.15, 0.2) is 0 Å². The van der Waals surface area contributed by atoms with Gasteiger partial charge >= 0.3 is 0 Å². The Morgan fingerprint density at radius 1 is 1.47 bits per heavy atom. The van der Waals surface area contributed by atoms with Gasteiger partial charge in [0.25, 0.3) is 0 Å². The van der Waals surface area contributed by atoms with Gasteiger partial charge in [-0.25, -0.2) is 4.39 Å². The fraction of sp³-hybridized carbons (Fsp3) is 0.273. The van der Waals surface area contributed by atoms with Crippen LogP contribution in [0.3, 0.4) is 0 Å². The van der Waals surface area contributed by atoms with Gasteiger partial charge in [-0.2, -0.15) is 0 Å². The lowest BCUT2D eigenvalue weighted by molar-refractivity contribution is 0.636. The van der Waals surface area contributed by atoms with Crippen LogP contribution >= 0.6 is 15.9 Å². The van der Waals surface area contributed by atoms with Crippen LogP contribution in [-0.2, 0) is 6.42 Å². The third-order valence-corrected chi connectivity index (χ3v) is 3.00. The number of halogens is 2. The largest absolute Gasteiger partial charge is 0.356 e. The molecule has 0 amide bonds. The summed E-state index contributed by atoms with van der Waals surface area (Å²) in [5.74, 6) is -0.231. The molecular formula is C11H12BrFN2. The van der Waals surface area contributed by atoms with Crippen LogP contribution in [0.5, 0.6) is 0 Å². The molecule has 0 saturated heterocycles. The fourth-order valence-electron chi connectivity index (χ4n) is 1.87. The SMILES string of the molecule is Cc1[nH]c2c(F)cc(Br)cc2c1CCN. The van der Waals surface area contributed by atoms with E-state index in [4.69, 9.17) is 5.73 Å². The highest BCUT2D eigenvalue weighted by atomic mass is 79.9. The average Bonchev–Trinajstić information content (AvgIpc) is 2.46. The van der Waals surface area contributed by atoms with Crippen LogP contribution in [0.4, 0.5) is 4.39 Å². The van der Waals surface area contributed by atoms with E-state index >= 15 is 0 Å². The minimum atomic E-state index is -0.231. The van der Waals surface area contributed by atoms with Gasteiger partial charge in [-0.15, -0.1) is 0 Å². The van der Waals surface area contributed by atoms with Gasteiger partial charge in [0.05, 0.1) is 5.52 Å². The molecule has 80 valence electrons. The zero-order valence-electron chi connectivity index (χ0n) is 8.40. The monoisotopic (exact) mass is 270 g/mol. The molecule has 2 nitrogen and oxygen atoms in total. The molecule has 0 aliphatic carbocycles. The molecule has 0 aliphatic rings. The number of fused-ring (bicyclic) bond motifs is 1. The molecule has 15 heavy (non-hydrogen) atoms. The van der Waals surface area contributed by atoms with Crippen LogP contribution in [0.25, 0.3) is 10.9 Å². The molecule has 0 aliphatic heterocycles. The van der Waals surface area contributed by atoms with Gasteiger partial charge in [0.2, 0.25) is 0 Å². The van der Waals surface area contributed by atoms with Gasteiger partial charge in [-0.3, -0.25) is 0 Å². The maximum atomic E-state index is 13.6. The molecule has 0 bridgehead atoms. The first-order chi connectivity index (χ1) is 7.13. The Bertz CT molecular complexity index is 505. The summed E-state index contributed by atoms with van der Waals surface area (Å²) in [5.41, 5.74) is 8.20. The number of aromatic amines is 1. The van der Waals surface area contributed by atoms with Crippen LogP contribution in [0, 0.1) is 12.7 Å². The van der Waals surface area contributed by atoms with E-state index in [-0.39, 0.29) is 5.82 Å². The predicted octanol–water partition coefficient (Wildman–Crippen LogP) is 2.88. The third kappa shape index (κ3) is 1.79. The van der Waals surface area contributed by atoms with E-state index in [9.17, 15) is 4.39 Å². The molecule has 1 aromatic heterocycles. The third-order valence-electron chi connectivity index (χ3n) is 2.54. The number of hydrogen-bond donors (Lipinski definition) is 2. The molecule has 1 heterocycles. The summed E-state index contributed by atoms with van der Waals surface area (Å²) in [6.45, 7) is 2.51. The summed E-state index contributed by atoms with van der Waals surface area (Å²) in [6, 6.07) is 3.39. The van der Waals surface area contributed by atoms with E-state index in [1.807, 2.05) is 13.0 Å². The Morgan fingerprint density at radius 3 is 2.87 bits per heavy atom. The molecule has 2 rings (SSSR count). The quantitative estimate of drug-likeness (QED) is 0.866. The van der Waals surface area contributed by atoms with Gasteiger partial charge in [0.1, 0.15) is 5.82 Å². The van der Waals surface area contributed by atoms with Crippen molar-refractivity contribution in [3.63, 3.8) is 0 Å². The van der Waals surface area contributed by atoms with Crippen LogP contribution in [-0.4, -0.2) is 11.5 Å². The lowest BCUT2D eigenvalue weighted by Gasteiger charge is -1.99. The number of nitrogens with one attached hydrogen (secondary N) is 1. The Balaban J connectivity index is 2.74. The first-order valence-corrected chi connectivity index (χ1v) is 5.59. The second kappa shape index (κ2) is 3.94. The molecule has 0 atom stereocenters. The Labute approximate surface area is 95.8 Å². The lowest BCUT2D eigenvalue weighted by atomic mass is 10.1. The lowest BCUT2D eigenvalue weighted by Crippen LogP contribution is -2.03. The standard InChI is InChI=1S/C11H12BrFN2/c1-6-8(2-3-14)9-4-7(12)5-10(13)11(9)15-6/h4-5,15H,2-3,14H2,1H3. The van der Waals surface area contributed by atoms with Crippen LogP contribution in [0.2, 0.25) is 0 Å². The van der Waals surface area contributed by atoms with Crippen molar-refractivity contribution in [1.29, 1.82) is 0 Å². The number of nitrogens with two attached hydrogens (primary N) is 1. The van der Waals surface area contributed by atoms with Gasteiger partial charge < -0.3 is 10.7 Å². The predicted molar refractivity (Wildman–Crippen MR) is 63.5 cm³/mol. The van der Waals surface area contributed by atoms with Crippen LogP contribution in [0.1, 0.15) is 11.3 Å². The fourth-order valence-corrected chi connectivity index (χ4v) is 2.30. The van der Waals surface area contributed by atoms with Crippen molar-refractivity contribution >= 4 is 26.8 Å². The number of H-pyrrole nitrogens is 1. The Hall–Kier alpha value is -0.870. The van der Waals surface area contributed by atoms with Gasteiger partial charge in [-0.1, -0.05) is 15.9 Å². The van der Waals surface area contributed by atoms with Crippen molar-refractivity contribution in [2.75, 3.05) is 6.54 Å². The zero-order chi connectivity index (χ0) is 11.0. The van der Waals surface area contributed by atoms with Crippen molar-refractivity contribution in [1.82, 2.24) is 4.98 Å². The van der Waals surface area contributed by atoms with Crippen molar-refractivity contribution in [3.8, 4) is 0 Å². The van der Waals surface area contributed by atoms with E-state index in [1.54, 1.807) is 0 Å². The molecule has 0 radical (unpaired) electrons. The molecular weight excluding hydrogens is 259 g/mol. The van der Waals surface area contributed by atoms with Crippen molar-refractivity contribution in [2.24, 2.45) is 5.73 Å². The van der Waals surface area contributed by atoms with E-state index in [0.29, 0.717) is 12.1 Å². The number of aromatic nitrogens is 1. The van der Waals surface area contributed by atoms with E-state index in [2.05, 4.69) is 20.9 Å². The Kier molecular flexibility index (Phi) is 2.80. The van der Waals surface area contributed by atoms with Gasteiger partial charge in [-0.05, 0) is 37.6 Å². The van der Waals surface area contributed by atoms with Crippen molar-refractivity contribution in [3.05, 3.63) is 33.7 Å². The molecule has 0 saturated carbocycles. The molecule has 0 fully saturated rings. The molecule has 0 unspecified atom stereocenters. The molecule has 2 aromatic rings. The summed E-state index contributed by atoms with van der Waals surface area (Å²) in [4.78, 5) is 3.06. The van der Waals surface area contributed by atoms with E-state index < -0.39 is 0 Å². The number of rotatable bonds is 2. The first kappa shape index (κ1) is 10.6. The molecule has 0 spiro atoms. The minimum Gasteiger partial charge on any atom is -0.356 e. The second-order valence-corrected chi connectivity index (χ2v) is 4.49. The highest BCUT2D eigenvalue weighted by Gasteiger charge is 2.11. The van der Waals surface area contributed by atoms with Crippen LogP contribution < -0.4 is 5.73 Å². The topological polar surface area (TPSA) is 41.8 Å². The maximum Gasteiger partial charge on any atom is 0.148 e. The van der Waals surface area contributed by atoms with Crippen molar-refractivity contribution < 1.29 is 4.39 Å². The first-order valence-electron chi connectivity index (χ1n) is 4.79. The minimum absolute atomic E-state index is 0.231. The number of hydrogen-bond acceptors (Lipinski definition) is 1.